The molecule has 2 aromatic rings. The van der Waals surface area contributed by atoms with E-state index in [0.29, 0.717) is 13.2 Å². The second-order valence-electron chi connectivity index (χ2n) is 4.89. The molecular weight excluding hydrogens is 245 g/mol. The largest absolute Gasteiger partial charge is 0.379 e. The smallest absolute Gasteiger partial charge is 0.125 e. The molecule has 19 heavy (non-hydrogen) atoms. The van der Waals surface area contributed by atoms with Crippen LogP contribution < -0.4 is 5.32 Å². The van der Waals surface area contributed by atoms with Gasteiger partial charge < -0.3 is 14.6 Å². The van der Waals surface area contributed by atoms with E-state index in [0.717, 1.165) is 23.4 Å². The molecule has 1 saturated heterocycles. The zero-order valence-electron chi connectivity index (χ0n) is 11.2. The summed E-state index contributed by atoms with van der Waals surface area (Å²) >= 11 is 0. The molecule has 0 aliphatic carbocycles. The van der Waals surface area contributed by atoms with Gasteiger partial charge in [0.15, 0.2) is 0 Å². The Labute approximate surface area is 111 Å². The molecule has 1 aromatic heterocycles. The molecule has 0 radical (unpaired) electrons. The quantitative estimate of drug-likeness (QED) is 0.919. The predicted molar refractivity (Wildman–Crippen MR) is 71.8 cm³/mol. The minimum atomic E-state index is -0.243. The summed E-state index contributed by atoms with van der Waals surface area (Å²) in [5, 5.41) is 3.27. The molecule has 1 aromatic carbocycles. The fraction of sp³-hybridized carbons (Fsp3) is 0.500. The van der Waals surface area contributed by atoms with Gasteiger partial charge in [0.1, 0.15) is 11.6 Å². The first-order chi connectivity index (χ1) is 9.24. The first kappa shape index (κ1) is 12.6. The molecule has 2 unspecified atom stereocenters. The van der Waals surface area contributed by atoms with E-state index in [1.807, 2.05) is 7.05 Å². The average Bonchev–Trinajstić information content (AvgIpc) is 3.00. The number of fused-ring (bicyclic) bond motifs is 1. The highest BCUT2D eigenvalue weighted by molar-refractivity contribution is 5.76. The van der Waals surface area contributed by atoms with Gasteiger partial charge in [-0.3, -0.25) is 0 Å². The van der Waals surface area contributed by atoms with Crippen LogP contribution in [0.3, 0.4) is 0 Å². The summed E-state index contributed by atoms with van der Waals surface area (Å²) in [6.07, 6.45) is 0. The maximum absolute atomic E-state index is 13.3. The lowest BCUT2D eigenvalue weighted by molar-refractivity contribution is 0.187. The average molecular weight is 263 g/mol. The normalized spacial score (nSPS) is 23.3. The molecule has 0 amide bonds. The number of rotatable bonds is 3. The van der Waals surface area contributed by atoms with Crippen molar-refractivity contribution in [3.05, 3.63) is 29.8 Å². The fourth-order valence-electron chi connectivity index (χ4n) is 2.83. The summed E-state index contributed by atoms with van der Waals surface area (Å²) in [5.41, 5.74) is 1.71. The van der Waals surface area contributed by atoms with Crippen LogP contribution in [0, 0.1) is 5.82 Å². The van der Waals surface area contributed by atoms with Crippen LogP contribution in [0.25, 0.3) is 11.0 Å². The lowest BCUT2D eigenvalue weighted by Crippen LogP contribution is -2.32. The molecule has 1 fully saturated rings. The van der Waals surface area contributed by atoms with Crippen molar-refractivity contribution < 1.29 is 9.13 Å². The molecule has 2 heterocycles. The van der Waals surface area contributed by atoms with Crippen LogP contribution in [-0.4, -0.2) is 35.9 Å². The number of nitrogens with zero attached hydrogens (tertiary/aromatic N) is 2. The third-order valence-electron chi connectivity index (χ3n) is 3.84. The van der Waals surface area contributed by atoms with Gasteiger partial charge in [-0.15, -0.1) is 0 Å². The highest BCUT2D eigenvalue weighted by atomic mass is 19.1. The number of hydrogen-bond donors (Lipinski definition) is 1. The topological polar surface area (TPSA) is 39.1 Å². The minimum Gasteiger partial charge on any atom is -0.379 e. The monoisotopic (exact) mass is 263 g/mol. The molecule has 0 spiro atoms. The van der Waals surface area contributed by atoms with E-state index in [1.54, 1.807) is 6.07 Å². The van der Waals surface area contributed by atoms with Crippen molar-refractivity contribution >= 4 is 11.0 Å². The van der Waals surface area contributed by atoms with Crippen LogP contribution in [0.5, 0.6) is 0 Å². The van der Waals surface area contributed by atoms with Gasteiger partial charge in [0.05, 0.1) is 30.2 Å². The second-order valence-corrected chi connectivity index (χ2v) is 4.89. The number of halogens is 1. The molecule has 5 heteroatoms. The lowest BCUT2D eigenvalue weighted by atomic mass is 10.0. The molecule has 102 valence electrons. The maximum atomic E-state index is 13.3. The van der Waals surface area contributed by atoms with Crippen LogP contribution in [0.2, 0.25) is 0 Å². The van der Waals surface area contributed by atoms with Crippen LogP contribution in [0.4, 0.5) is 4.39 Å². The molecule has 1 aliphatic rings. The third-order valence-corrected chi connectivity index (χ3v) is 3.84. The Morgan fingerprint density at radius 1 is 1.47 bits per heavy atom. The maximum Gasteiger partial charge on any atom is 0.125 e. The molecule has 4 nitrogen and oxygen atoms in total. The fourth-order valence-corrected chi connectivity index (χ4v) is 2.83. The van der Waals surface area contributed by atoms with Gasteiger partial charge in [0.25, 0.3) is 0 Å². The number of hydrogen-bond acceptors (Lipinski definition) is 3. The van der Waals surface area contributed by atoms with Gasteiger partial charge in [0, 0.05) is 18.7 Å². The standard InChI is InChI=1S/C14H18FN3O/c1-3-18-13-5-4-9(15)6-11(13)17-14(18)10-7-19-8-12(10)16-2/h4-6,10,12,16H,3,7-8H2,1-2H3. The lowest BCUT2D eigenvalue weighted by Gasteiger charge is -2.17. The van der Waals surface area contributed by atoms with Crippen LogP contribution in [-0.2, 0) is 11.3 Å². The van der Waals surface area contributed by atoms with Crippen molar-refractivity contribution in [2.24, 2.45) is 0 Å². The van der Waals surface area contributed by atoms with Crippen molar-refractivity contribution in [3.8, 4) is 0 Å². The first-order valence-corrected chi connectivity index (χ1v) is 6.65. The van der Waals surface area contributed by atoms with Crippen molar-refractivity contribution in [1.29, 1.82) is 0 Å². The Morgan fingerprint density at radius 3 is 3.05 bits per heavy atom. The van der Waals surface area contributed by atoms with Gasteiger partial charge >= 0.3 is 0 Å². The van der Waals surface area contributed by atoms with Gasteiger partial charge in [-0.2, -0.15) is 0 Å². The van der Waals surface area contributed by atoms with Crippen molar-refractivity contribution in [2.75, 3.05) is 20.3 Å². The van der Waals surface area contributed by atoms with Gasteiger partial charge in [-0.05, 0) is 26.1 Å². The number of likely N-dealkylation sites (N-methyl/N-ethyl adjacent to an activating group) is 1. The van der Waals surface area contributed by atoms with Gasteiger partial charge in [-0.25, -0.2) is 9.37 Å². The SMILES string of the molecule is CCn1c(C2COCC2NC)nc2cc(F)ccc21. The van der Waals surface area contributed by atoms with E-state index in [2.05, 4.69) is 21.8 Å². The summed E-state index contributed by atoms with van der Waals surface area (Å²) in [4.78, 5) is 4.63. The van der Waals surface area contributed by atoms with Crippen LogP contribution in [0.15, 0.2) is 18.2 Å². The highest BCUT2D eigenvalue weighted by Gasteiger charge is 2.32. The van der Waals surface area contributed by atoms with E-state index < -0.39 is 0 Å². The Balaban J connectivity index is 2.12. The zero-order chi connectivity index (χ0) is 13.4. The summed E-state index contributed by atoms with van der Waals surface area (Å²) in [6, 6.07) is 5.05. The molecule has 1 aliphatic heterocycles. The summed E-state index contributed by atoms with van der Waals surface area (Å²) in [6.45, 7) is 4.27. The van der Waals surface area contributed by atoms with E-state index in [1.165, 1.54) is 12.1 Å². The summed E-state index contributed by atoms with van der Waals surface area (Å²) in [7, 11) is 1.94. The van der Waals surface area contributed by atoms with Crippen molar-refractivity contribution in [2.45, 2.75) is 25.4 Å². The van der Waals surface area contributed by atoms with E-state index >= 15 is 0 Å². The molecule has 0 saturated carbocycles. The highest BCUT2D eigenvalue weighted by Crippen LogP contribution is 2.28. The van der Waals surface area contributed by atoms with E-state index in [-0.39, 0.29) is 17.8 Å². The van der Waals surface area contributed by atoms with E-state index in [4.69, 9.17) is 4.74 Å². The summed E-state index contributed by atoms with van der Waals surface area (Å²) in [5.74, 6) is 0.966. The Hall–Kier alpha value is -1.46. The number of nitrogens with one attached hydrogen (secondary N) is 1. The van der Waals surface area contributed by atoms with Gasteiger partial charge in [0.2, 0.25) is 0 Å². The Bertz CT molecular complexity index is 596. The van der Waals surface area contributed by atoms with Crippen LogP contribution >= 0.6 is 0 Å². The first-order valence-electron chi connectivity index (χ1n) is 6.65. The second kappa shape index (κ2) is 4.90. The number of benzene rings is 1. The molecule has 1 N–H and O–H groups in total. The predicted octanol–water partition coefficient (Wildman–Crippen LogP) is 1.90. The number of imidazole rings is 1. The third kappa shape index (κ3) is 2.03. The number of aromatic nitrogens is 2. The molecular formula is C14H18FN3O. The number of ether oxygens (including phenoxy) is 1. The Morgan fingerprint density at radius 2 is 2.32 bits per heavy atom. The zero-order valence-corrected chi connectivity index (χ0v) is 11.2. The molecule has 0 bridgehead atoms. The Kier molecular flexibility index (Phi) is 3.24. The minimum absolute atomic E-state index is 0.223. The van der Waals surface area contributed by atoms with Crippen molar-refractivity contribution in [1.82, 2.24) is 14.9 Å². The van der Waals surface area contributed by atoms with Crippen LogP contribution in [0.1, 0.15) is 18.7 Å². The molecule has 3 rings (SSSR count). The number of aryl methyl sites for hydroxylation is 1. The van der Waals surface area contributed by atoms with Gasteiger partial charge in [-0.1, -0.05) is 0 Å². The van der Waals surface area contributed by atoms with Crippen molar-refractivity contribution in [3.63, 3.8) is 0 Å². The molecule has 2 atom stereocenters. The van der Waals surface area contributed by atoms with E-state index in [9.17, 15) is 4.39 Å². The summed E-state index contributed by atoms with van der Waals surface area (Å²) < 4.78 is 21.0.